The van der Waals surface area contributed by atoms with E-state index in [2.05, 4.69) is 42.3 Å². The molecule has 0 fully saturated rings. The maximum atomic E-state index is 12.4. The van der Waals surface area contributed by atoms with Gasteiger partial charge in [0.05, 0.1) is 6.61 Å². The molecule has 0 aromatic carbocycles. The largest absolute Gasteiger partial charge is 0.469 e. The lowest BCUT2D eigenvalue weighted by atomic mass is 10.0. The minimum Gasteiger partial charge on any atom is -0.462 e. The summed E-state index contributed by atoms with van der Waals surface area (Å²) in [7, 11) is -4.77. The molecule has 0 spiro atoms. The molecule has 0 aromatic rings. The van der Waals surface area contributed by atoms with Crippen molar-refractivity contribution in [1.29, 1.82) is 0 Å². The number of hydrogen-bond donors (Lipinski definition) is 2. The van der Waals surface area contributed by atoms with Crippen LogP contribution in [0.2, 0.25) is 0 Å². The van der Waals surface area contributed by atoms with Crippen molar-refractivity contribution in [3.8, 4) is 0 Å². The van der Waals surface area contributed by atoms with E-state index in [1.807, 2.05) is 6.08 Å². The van der Waals surface area contributed by atoms with Crippen LogP contribution in [0.25, 0.3) is 0 Å². The lowest BCUT2D eigenvalue weighted by Crippen LogP contribution is -2.29. The predicted molar refractivity (Wildman–Crippen MR) is 235 cm³/mol. The molecule has 0 amide bonds. The van der Waals surface area contributed by atoms with Crippen LogP contribution >= 0.6 is 7.82 Å². The van der Waals surface area contributed by atoms with Gasteiger partial charge in [0.2, 0.25) is 0 Å². The van der Waals surface area contributed by atoms with Crippen LogP contribution < -0.4 is 0 Å². The molecule has 56 heavy (non-hydrogen) atoms. The normalized spacial score (nSPS) is 12.5. The van der Waals surface area contributed by atoms with Crippen LogP contribution in [0.4, 0.5) is 0 Å². The molecule has 0 aromatic heterocycles. The Morgan fingerprint density at radius 3 is 1.32 bits per heavy atom. The summed E-state index contributed by atoms with van der Waals surface area (Å²) >= 11 is 0. The van der Waals surface area contributed by atoms with Crippen LogP contribution in [0.15, 0.2) is 37.0 Å². The molecular weight excluding hydrogens is 723 g/mol. The summed E-state index contributed by atoms with van der Waals surface area (Å²) in [5.74, 6) is -0.930. The molecule has 328 valence electrons. The molecule has 0 radical (unpaired) electrons. The number of phosphoric ester groups is 1. The summed E-state index contributed by atoms with van der Waals surface area (Å²) in [6, 6.07) is 0. The average molecular weight is 811 g/mol. The Morgan fingerprint density at radius 1 is 0.500 bits per heavy atom. The van der Waals surface area contributed by atoms with Gasteiger partial charge in [0.1, 0.15) is 6.61 Å². The molecular formula is C47H87O8P. The highest BCUT2D eigenvalue weighted by Crippen LogP contribution is 2.36. The highest BCUT2D eigenvalue weighted by Gasteiger charge is 2.22. The quantitative estimate of drug-likeness (QED) is 0.0270. The van der Waals surface area contributed by atoms with Gasteiger partial charge in [0, 0.05) is 12.8 Å². The van der Waals surface area contributed by atoms with Crippen molar-refractivity contribution in [2.75, 3.05) is 13.2 Å². The first-order valence-corrected chi connectivity index (χ1v) is 24.8. The fourth-order valence-electron chi connectivity index (χ4n) is 6.79. The molecule has 0 saturated heterocycles. The lowest BCUT2D eigenvalue weighted by molar-refractivity contribution is -0.161. The minimum atomic E-state index is -4.77. The van der Waals surface area contributed by atoms with E-state index in [0.717, 1.165) is 51.4 Å². The summed E-state index contributed by atoms with van der Waals surface area (Å²) in [6.45, 7) is 5.20. The number of carbonyl (C=O) groups is 2. The Bertz CT molecular complexity index is 991. The fraction of sp³-hybridized carbons (Fsp3) is 0.830. The highest BCUT2D eigenvalue weighted by atomic mass is 31.2. The summed E-state index contributed by atoms with van der Waals surface area (Å²) in [5.41, 5.74) is 0. The minimum absolute atomic E-state index is 0.153. The van der Waals surface area contributed by atoms with Crippen LogP contribution in [0, 0.1) is 0 Å². The third kappa shape index (κ3) is 45.0. The zero-order chi connectivity index (χ0) is 41.1. The third-order valence-electron chi connectivity index (χ3n) is 10.3. The van der Waals surface area contributed by atoms with Gasteiger partial charge in [0.25, 0.3) is 0 Å². The molecule has 0 aliphatic heterocycles. The van der Waals surface area contributed by atoms with E-state index in [-0.39, 0.29) is 19.4 Å². The SMILES string of the molecule is C=CCCCCCCCCCCCCCCCC(=O)OC[C@H](COP(=O)(O)O)OC(=O)CCC/C=C/CC/C=C/CCCCCCCCCCCCCCCC. The number of carbonyl (C=O) groups excluding carboxylic acids is 2. The number of rotatable bonds is 44. The number of esters is 2. The summed E-state index contributed by atoms with van der Waals surface area (Å²) < 4.78 is 26.4. The predicted octanol–water partition coefficient (Wildman–Crippen LogP) is 14.5. The molecule has 0 saturated carbocycles. The van der Waals surface area contributed by atoms with Crippen LogP contribution in [0.3, 0.4) is 0 Å². The Hall–Kier alpha value is -1.73. The van der Waals surface area contributed by atoms with Crippen LogP contribution in [-0.4, -0.2) is 41.0 Å². The fourth-order valence-corrected chi connectivity index (χ4v) is 7.15. The van der Waals surface area contributed by atoms with E-state index in [9.17, 15) is 14.2 Å². The van der Waals surface area contributed by atoms with Gasteiger partial charge in [-0.15, -0.1) is 6.58 Å². The van der Waals surface area contributed by atoms with E-state index in [1.54, 1.807) is 0 Å². The molecule has 8 nitrogen and oxygen atoms in total. The Kier molecular flexibility index (Phi) is 41.5. The standard InChI is InChI=1S/C47H87O8P/c1-3-5-7-9-11-13-15-17-19-20-21-22-23-24-25-26-28-30-32-34-36-38-40-42-47(49)55-45(44-54-56(50,51)52)43-53-46(48)41-39-37-35-33-31-29-27-18-16-14-12-10-8-6-4-2/h4,26,28,34,36,45H,2-3,5-25,27,29-33,35,37-44H2,1H3,(H2,50,51,52)/b28-26+,36-34+/t45-/m1/s1. The molecule has 0 rings (SSSR count). The topological polar surface area (TPSA) is 119 Å². The molecule has 0 aliphatic rings. The number of phosphoric acid groups is 1. The van der Waals surface area contributed by atoms with Crippen molar-refractivity contribution in [1.82, 2.24) is 0 Å². The average Bonchev–Trinajstić information content (AvgIpc) is 3.17. The molecule has 9 heteroatoms. The molecule has 0 bridgehead atoms. The number of hydrogen-bond acceptors (Lipinski definition) is 6. The number of unbranched alkanes of at least 4 members (excludes halogenated alkanes) is 29. The Morgan fingerprint density at radius 2 is 0.875 bits per heavy atom. The Balaban J connectivity index is 3.88. The van der Waals surface area contributed by atoms with E-state index in [4.69, 9.17) is 19.3 Å². The first-order chi connectivity index (χ1) is 27.3. The maximum Gasteiger partial charge on any atom is 0.469 e. The third-order valence-corrected chi connectivity index (χ3v) is 10.7. The van der Waals surface area contributed by atoms with Crippen molar-refractivity contribution in [2.45, 2.75) is 238 Å². The van der Waals surface area contributed by atoms with Gasteiger partial charge in [-0.2, -0.15) is 0 Å². The van der Waals surface area contributed by atoms with Crippen LogP contribution in [0.1, 0.15) is 232 Å². The van der Waals surface area contributed by atoms with Crippen molar-refractivity contribution in [3.05, 3.63) is 37.0 Å². The molecule has 0 unspecified atom stereocenters. The molecule has 0 aliphatic carbocycles. The van der Waals surface area contributed by atoms with Gasteiger partial charge in [0.15, 0.2) is 6.10 Å². The smallest absolute Gasteiger partial charge is 0.462 e. The van der Waals surface area contributed by atoms with Crippen molar-refractivity contribution < 1.29 is 37.9 Å². The summed E-state index contributed by atoms with van der Waals surface area (Å²) in [5, 5.41) is 0. The lowest BCUT2D eigenvalue weighted by Gasteiger charge is -2.18. The van der Waals surface area contributed by atoms with E-state index < -0.39 is 32.5 Å². The van der Waals surface area contributed by atoms with Gasteiger partial charge in [-0.25, -0.2) is 4.57 Å². The van der Waals surface area contributed by atoms with Crippen molar-refractivity contribution in [3.63, 3.8) is 0 Å². The first kappa shape index (κ1) is 54.3. The molecule has 2 N–H and O–H groups in total. The number of ether oxygens (including phenoxy) is 2. The second kappa shape index (κ2) is 42.9. The molecule has 1 atom stereocenters. The molecule has 0 heterocycles. The van der Waals surface area contributed by atoms with E-state index in [1.165, 1.54) is 154 Å². The first-order valence-electron chi connectivity index (χ1n) is 23.2. The summed E-state index contributed by atoms with van der Waals surface area (Å²) in [4.78, 5) is 42.9. The van der Waals surface area contributed by atoms with Gasteiger partial charge >= 0.3 is 19.8 Å². The zero-order valence-electron chi connectivity index (χ0n) is 36.1. The monoisotopic (exact) mass is 811 g/mol. The zero-order valence-corrected chi connectivity index (χ0v) is 37.0. The van der Waals surface area contributed by atoms with Gasteiger partial charge < -0.3 is 19.3 Å². The van der Waals surface area contributed by atoms with E-state index in [0.29, 0.717) is 6.42 Å². The van der Waals surface area contributed by atoms with E-state index >= 15 is 0 Å². The van der Waals surface area contributed by atoms with Crippen molar-refractivity contribution >= 4 is 19.8 Å². The van der Waals surface area contributed by atoms with Crippen LogP contribution in [-0.2, 0) is 28.2 Å². The summed E-state index contributed by atoms with van der Waals surface area (Å²) in [6.07, 6.45) is 50.7. The highest BCUT2D eigenvalue weighted by molar-refractivity contribution is 7.46. The van der Waals surface area contributed by atoms with Gasteiger partial charge in [-0.05, 0) is 57.8 Å². The Labute approximate surface area is 344 Å². The second-order valence-electron chi connectivity index (χ2n) is 15.8. The maximum absolute atomic E-state index is 12.4. The van der Waals surface area contributed by atoms with Crippen molar-refractivity contribution in [2.24, 2.45) is 0 Å². The number of allylic oxidation sites excluding steroid dienone is 5. The van der Waals surface area contributed by atoms with Gasteiger partial charge in [-0.1, -0.05) is 191 Å². The van der Waals surface area contributed by atoms with Gasteiger partial charge in [-0.3, -0.25) is 14.1 Å². The second-order valence-corrected chi connectivity index (χ2v) is 17.0. The van der Waals surface area contributed by atoms with Crippen LogP contribution in [0.5, 0.6) is 0 Å².